The average molecular weight is 615 g/mol. The molecule has 0 spiro atoms. The Kier molecular flexibility index (Phi) is 10.1. The lowest BCUT2D eigenvalue weighted by Crippen LogP contribution is -2.49. The highest BCUT2D eigenvalue weighted by Gasteiger charge is 2.45. The van der Waals surface area contributed by atoms with Gasteiger partial charge in [-0.05, 0) is 69.4 Å². The van der Waals surface area contributed by atoms with Crippen LogP contribution in [0.1, 0.15) is 64.2 Å². The first kappa shape index (κ1) is 31.6. The van der Waals surface area contributed by atoms with E-state index in [4.69, 9.17) is 5.73 Å². The van der Waals surface area contributed by atoms with E-state index in [-0.39, 0.29) is 23.4 Å². The van der Waals surface area contributed by atoms with Crippen LogP contribution in [-0.2, 0) is 24.4 Å². The number of likely N-dealkylation sites (tertiary alicyclic amines) is 1. The molecule has 0 bridgehead atoms. The van der Waals surface area contributed by atoms with E-state index in [1.54, 1.807) is 0 Å². The average Bonchev–Trinajstić information content (AvgIpc) is 3.83. The van der Waals surface area contributed by atoms with Crippen molar-refractivity contribution in [1.29, 1.82) is 0 Å². The number of primary amides is 1. The number of nitrogens with zero attached hydrogens (tertiary/aromatic N) is 1. The topological polar surface area (TPSA) is 148 Å². The van der Waals surface area contributed by atoms with Gasteiger partial charge in [0.25, 0.3) is 0 Å². The van der Waals surface area contributed by atoms with Crippen molar-refractivity contribution in [1.82, 2.24) is 9.62 Å². The van der Waals surface area contributed by atoms with Gasteiger partial charge in [0, 0.05) is 24.2 Å². The third kappa shape index (κ3) is 9.10. The van der Waals surface area contributed by atoms with Gasteiger partial charge in [0.15, 0.2) is 0 Å². The highest BCUT2D eigenvalue weighted by Crippen LogP contribution is 2.40. The number of hydrogen-bond acceptors (Lipinski definition) is 7. The van der Waals surface area contributed by atoms with Crippen LogP contribution in [0.4, 0.5) is 18.9 Å². The number of hydrogen-bond donors (Lipinski definition) is 3. The van der Waals surface area contributed by atoms with E-state index in [0.29, 0.717) is 51.5 Å². The molecule has 4 atom stereocenters. The van der Waals surface area contributed by atoms with Crippen molar-refractivity contribution < 1.29 is 40.7 Å². The molecule has 14 heteroatoms. The van der Waals surface area contributed by atoms with Crippen LogP contribution in [0.2, 0.25) is 0 Å². The fraction of sp³-hybridized carbons (Fsp3) is 0.607. The molecule has 3 fully saturated rings. The monoisotopic (exact) mass is 614 g/mol. The molecule has 3 aliphatic rings. The van der Waals surface area contributed by atoms with Crippen molar-refractivity contribution >= 4 is 33.4 Å². The highest BCUT2D eigenvalue weighted by molar-refractivity contribution is 7.90. The lowest BCUT2D eigenvalue weighted by Gasteiger charge is -2.28. The van der Waals surface area contributed by atoms with E-state index < -0.39 is 51.3 Å². The number of benzene rings is 1. The Morgan fingerprint density at radius 1 is 1.14 bits per heavy atom. The SMILES string of the molecule is NC(=O)[C@@H]1CCCN1C(=O)[C@H](CCCCC/C=C\[C@@H]1C[C@@H]1C(=O)NS(=O)(=O)C1CC1)Nc1cccc(OC(F)(F)F)c1. The number of ether oxygens (including phenoxy) is 1. The second-order valence-electron chi connectivity index (χ2n) is 11.1. The zero-order chi connectivity index (χ0) is 30.5. The number of alkyl halides is 3. The summed E-state index contributed by atoms with van der Waals surface area (Å²) in [6, 6.07) is 3.77. The molecule has 0 radical (unpaired) electrons. The van der Waals surface area contributed by atoms with Crippen molar-refractivity contribution in [2.75, 3.05) is 11.9 Å². The van der Waals surface area contributed by atoms with Gasteiger partial charge in [-0.2, -0.15) is 0 Å². The summed E-state index contributed by atoms with van der Waals surface area (Å²) in [4.78, 5) is 38.9. The maximum Gasteiger partial charge on any atom is 0.573 e. The molecule has 1 heterocycles. The number of nitrogens with one attached hydrogen (secondary N) is 2. The molecule has 3 amide bonds. The third-order valence-electron chi connectivity index (χ3n) is 7.70. The summed E-state index contributed by atoms with van der Waals surface area (Å²) in [6.07, 6.45) is 5.30. The molecule has 2 aliphatic carbocycles. The van der Waals surface area contributed by atoms with Crippen LogP contribution in [0.15, 0.2) is 36.4 Å². The van der Waals surface area contributed by atoms with Gasteiger partial charge in [0.1, 0.15) is 17.8 Å². The molecule has 4 N–H and O–H groups in total. The number of rotatable bonds is 15. The zero-order valence-electron chi connectivity index (χ0n) is 23.1. The fourth-order valence-corrected chi connectivity index (χ4v) is 6.59. The molecule has 10 nitrogen and oxygen atoms in total. The largest absolute Gasteiger partial charge is 0.573 e. The number of nitrogens with two attached hydrogens (primary N) is 1. The number of sulfonamides is 1. The maximum absolute atomic E-state index is 13.4. The van der Waals surface area contributed by atoms with E-state index in [0.717, 1.165) is 19.3 Å². The Hall–Kier alpha value is -3.29. The Balaban J connectivity index is 1.25. The van der Waals surface area contributed by atoms with Crippen LogP contribution in [0.3, 0.4) is 0 Å². The molecule has 4 rings (SSSR count). The molecular formula is C28H37F3N4O6S. The molecule has 1 saturated heterocycles. The second kappa shape index (κ2) is 13.3. The summed E-state index contributed by atoms with van der Waals surface area (Å²) in [5, 5.41) is 2.59. The van der Waals surface area contributed by atoms with Crippen LogP contribution in [0, 0.1) is 11.8 Å². The number of carbonyl (C=O) groups excluding carboxylic acids is 3. The first-order valence-electron chi connectivity index (χ1n) is 14.3. The van der Waals surface area contributed by atoms with Crippen molar-refractivity contribution in [3.8, 4) is 5.75 Å². The molecule has 1 aliphatic heterocycles. The van der Waals surface area contributed by atoms with E-state index in [1.165, 1.54) is 29.2 Å². The minimum absolute atomic E-state index is 0.0290. The third-order valence-corrected chi connectivity index (χ3v) is 9.54. The number of carbonyl (C=O) groups is 3. The van der Waals surface area contributed by atoms with Crippen molar-refractivity contribution in [2.45, 2.75) is 87.9 Å². The summed E-state index contributed by atoms with van der Waals surface area (Å²) < 4.78 is 68.1. The number of unbranched alkanes of at least 4 members (excludes halogenated alkanes) is 3. The van der Waals surface area contributed by atoms with Gasteiger partial charge in [-0.3, -0.25) is 19.1 Å². The van der Waals surface area contributed by atoms with Crippen molar-refractivity contribution in [3.05, 3.63) is 36.4 Å². The van der Waals surface area contributed by atoms with Gasteiger partial charge in [-0.1, -0.05) is 31.1 Å². The van der Waals surface area contributed by atoms with Gasteiger partial charge in [0.05, 0.1) is 5.25 Å². The molecule has 0 aromatic heterocycles. The first-order valence-corrected chi connectivity index (χ1v) is 15.8. The van der Waals surface area contributed by atoms with Gasteiger partial charge < -0.3 is 20.7 Å². The molecule has 1 aromatic carbocycles. The molecule has 1 aromatic rings. The van der Waals surface area contributed by atoms with E-state index in [2.05, 4.69) is 14.8 Å². The van der Waals surface area contributed by atoms with Crippen molar-refractivity contribution in [3.63, 3.8) is 0 Å². The predicted octanol–water partition coefficient (Wildman–Crippen LogP) is 3.59. The van der Waals surface area contributed by atoms with E-state index in [9.17, 15) is 36.0 Å². The minimum atomic E-state index is -4.85. The van der Waals surface area contributed by atoms with Gasteiger partial charge in [-0.25, -0.2) is 8.42 Å². The van der Waals surface area contributed by atoms with Gasteiger partial charge in [0.2, 0.25) is 27.7 Å². The lowest BCUT2D eigenvalue weighted by molar-refractivity contribution is -0.274. The minimum Gasteiger partial charge on any atom is -0.406 e. The van der Waals surface area contributed by atoms with E-state index >= 15 is 0 Å². The summed E-state index contributed by atoms with van der Waals surface area (Å²) in [5.41, 5.74) is 5.76. The number of halogens is 3. The summed E-state index contributed by atoms with van der Waals surface area (Å²) in [6.45, 7) is 0.374. The Bertz CT molecular complexity index is 1280. The van der Waals surface area contributed by atoms with Crippen LogP contribution >= 0.6 is 0 Å². The molecule has 0 unspecified atom stereocenters. The molecular weight excluding hydrogens is 577 g/mol. The van der Waals surface area contributed by atoms with Crippen LogP contribution in [0.5, 0.6) is 5.75 Å². The zero-order valence-corrected chi connectivity index (χ0v) is 24.0. The Morgan fingerprint density at radius 2 is 1.90 bits per heavy atom. The summed E-state index contributed by atoms with van der Waals surface area (Å²) in [7, 11) is -3.54. The maximum atomic E-state index is 13.4. The Labute approximate surface area is 243 Å². The summed E-state index contributed by atoms with van der Waals surface area (Å²) in [5.74, 6) is -2.07. The van der Waals surface area contributed by atoms with E-state index in [1.807, 2.05) is 12.2 Å². The number of amides is 3. The van der Waals surface area contributed by atoms with Crippen molar-refractivity contribution in [2.24, 2.45) is 17.6 Å². The quantitative estimate of drug-likeness (QED) is 0.202. The summed E-state index contributed by atoms with van der Waals surface area (Å²) >= 11 is 0. The number of allylic oxidation sites excluding steroid dienone is 2. The Morgan fingerprint density at radius 3 is 2.60 bits per heavy atom. The van der Waals surface area contributed by atoms with Gasteiger partial charge in [-0.15, -0.1) is 13.2 Å². The fourth-order valence-electron chi connectivity index (χ4n) is 5.23. The van der Waals surface area contributed by atoms with Crippen LogP contribution in [0.25, 0.3) is 0 Å². The van der Waals surface area contributed by atoms with Gasteiger partial charge >= 0.3 is 6.36 Å². The standard InChI is InChI=1S/C28H37F3N4O6S/c29-28(30,31)41-20-10-6-9-19(17-20)33-23(27(38)35-15-7-12-24(35)25(32)36)11-5-3-1-2-4-8-18-16-22(18)26(37)34-42(39,40)21-13-14-21/h4,6,8-10,17-18,21-24,33H,1-3,5,7,11-16H2,(H2,32,36)(H,34,37)/b8-4-/t18-,22+,23+,24+/m1/s1. The van der Waals surface area contributed by atoms with Crippen LogP contribution in [-0.4, -0.2) is 61.3 Å². The molecule has 42 heavy (non-hydrogen) atoms. The highest BCUT2D eigenvalue weighted by atomic mass is 32.2. The molecule has 232 valence electrons. The molecule has 2 saturated carbocycles. The number of anilines is 1. The normalized spacial score (nSPS) is 23.0. The predicted molar refractivity (Wildman–Crippen MR) is 148 cm³/mol. The van der Waals surface area contributed by atoms with Crippen LogP contribution < -0.4 is 20.5 Å². The lowest BCUT2D eigenvalue weighted by atomic mass is 10.0. The smallest absolute Gasteiger partial charge is 0.406 e. The first-order chi connectivity index (χ1) is 19.8. The second-order valence-corrected chi connectivity index (χ2v) is 13.1.